The van der Waals surface area contributed by atoms with Gasteiger partial charge in [0.1, 0.15) is 0 Å². The Bertz CT molecular complexity index is 998. The molecule has 0 bridgehead atoms. The van der Waals surface area contributed by atoms with Crippen molar-refractivity contribution in [3.05, 3.63) is 47.8 Å². The Morgan fingerprint density at radius 1 is 1.12 bits per heavy atom. The van der Waals surface area contributed by atoms with Gasteiger partial charge in [-0.05, 0) is 88.6 Å². The Hall–Kier alpha value is -2.67. The van der Waals surface area contributed by atoms with Crippen LogP contribution in [0, 0.1) is 18.8 Å². The van der Waals surface area contributed by atoms with Crippen LogP contribution in [0.25, 0.3) is 0 Å². The fraction of sp³-hybridized carbons (Fsp3) is 0.593. The molecule has 3 fully saturated rings. The number of nitrogens with zero attached hydrogens (tertiary/aromatic N) is 4. The van der Waals surface area contributed by atoms with Crippen LogP contribution in [0.2, 0.25) is 0 Å². The van der Waals surface area contributed by atoms with Crippen molar-refractivity contribution < 1.29 is 9.59 Å². The molecule has 0 aliphatic carbocycles. The molecule has 34 heavy (non-hydrogen) atoms. The molecule has 1 aromatic carbocycles. The summed E-state index contributed by atoms with van der Waals surface area (Å²) in [6, 6.07) is 12.3. The van der Waals surface area contributed by atoms with Crippen LogP contribution >= 0.6 is 0 Å². The third-order valence-electron chi connectivity index (χ3n) is 8.23. The summed E-state index contributed by atoms with van der Waals surface area (Å²) in [5.41, 5.74) is 2.38. The molecular formula is C27H37N5O2. The van der Waals surface area contributed by atoms with Crippen LogP contribution in [-0.4, -0.2) is 63.1 Å². The van der Waals surface area contributed by atoms with Crippen molar-refractivity contribution in [2.45, 2.75) is 64.0 Å². The Kier molecular flexibility index (Phi) is 6.73. The van der Waals surface area contributed by atoms with Crippen molar-refractivity contribution >= 4 is 17.5 Å². The number of piperidine rings is 3. The molecule has 3 saturated heterocycles. The smallest absolute Gasteiger partial charge is 0.274 e. The largest absolute Gasteiger partial charge is 0.334 e. The van der Waals surface area contributed by atoms with E-state index in [4.69, 9.17) is 0 Å². The summed E-state index contributed by atoms with van der Waals surface area (Å²) in [4.78, 5) is 31.1. The summed E-state index contributed by atoms with van der Waals surface area (Å²) in [6.07, 6.45) is 6.91. The van der Waals surface area contributed by atoms with Crippen LogP contribution in [0.5, 0.6) is 0 Å². The molecule has 1 N–H and O–H groups in total. The lowest BCUT2D eigenvalue weighted by Crippen LogP contribution is -2.65. The first-order chi connectivity index (χ1) is 16.5. The van der Waals surface area contributed by atoms with E-state index < -0.39 is 0 Å². The molecular weight excluding hydrogens is 426 g/mol. The highest BCUT2D eigenvalue weighted by Crippen LogP contribution is 2.43. The van der Waals surface area contributed by atoms with Crippen LogP contribution < -0.4 is 5.32 Å². The van der Waals surface area contributed by atoms with Gasteiger partial charge in [0.05, 0.1) is 0 Å². The van der Waals surface area contributed by atoms with Crippen LogP contribution in [0.4, 0.5) is 5.69 Å². The van der Waals surface area contributed by atoms with Crippen LogP contribution in [-0.2, 0) is 11.8 Å². The molecule has 0 saturated carbocycles. The van der Waals surface area contributed by atoms with Gasteiger partial charge < -0.3 is 10.2 Å². The molecule has 182 valence electrons. The van der Waals surface area contributed by atoms with Gasteiger partial charge in [0.2, 0.25) is 5.91 Å². The summed E-state index contributed by atoms with van der Waals surface area (Å²) >= 11 is 0. The standard InChI is InChI=1S/C27H37N5O2/c1-19-17-23(29-30(19)2)27(34)32-18-20-9-7-15-31-16-8-12-22(26(20)31)24(32)13-6-14-25(33)28-21-10-4-3-5-11-21/h3-5,10-11,17,20,22,24,26H,6-9,12-16,18H2,1-2H3,(H,28,33)/t20-,22+,24+,26-/m0/s1. The minimum atomic E-state index is 0.0426. The Morgan fingerprint density at radius 2 is 1.88 bits per heavy atom. The molecule has 3 aliphatic heterocycles. The quantitative estimate of drug-likeness (QED) is 0.706. The molecule has 7 nitrogen and oxygen atoms in total. The molecule has 0 radical (unpaired) electrons. The predicted molar refractivity (Wildman–Crippen MR) is 133 cm³/mol. The van der Waals surface area contributed by atoms with Crippen molar-refractivity contribution in [2.75, 3.05) is 25.0 Å². The maximum Gasteiger partial charge on any atom is 0.274 e. The summed E-state index contributed by atoms with van der Waals surface area (Å²) in [7, 11) is 1.89. The fourth-order valence-electron chi connectivity index (χ4n) is 6.63. The topological polar surface area (TPSA) is 70.5 Å². The van der Waals surface area contributed by atoms with Crippen LogP contribution in [0.3, 0.4) is 0 Å². The van der Waals surface area contributed by atoms with Gasteiger partial charge in [0.25, 0.3) is 5.91 Å². The van der Waals surface area contributed by atoms with Crippen molar-refractivity contribution in [1.82, 2.24) is 19.6 Å². The summed E-state index contributed by atoms with van der Waals surface area (Å²) in [6.45, 7) is 5.18. The van der Waals surface area contributed by atoms with E-state index in [0.29, 0.717) is 30.0 Å². The second kappa shape index (κ2) is 9.90. The maximum atomic E-state index is 13.7. The summed E-state index contributed by atoms with van der Waals surface area (Å²) in [5, 5.41) is 7.51. The molecule has 0 unspecified atom stereocenters. The zero-order valence-electron chi connectivity index (χ0n) is 20.4. The third-order valence-corrected chi connectivity index (χ3v) is 8.23. The molecule has 4 heterocycles. The molecule has 5 rings (SSSR count). The van der Waals surface area contributed by atoms with Crippen molar-refractivity contribution in [3.63, 3.8) is 0 Å². The van der Waals surface area contributed by atoms with Gasteiger partial charge in [-0.25, -0.2) is 0 Å². The van der Waals surface area contributed by atoms with E-state index in [9.17, 15) is 9.59 Å². The maximum absolute atomic E-state index is 13.7. The van der Waals surface area contributed by atoms with Gasteiger partial charge >= 0.3 is 0 Å². The lowest BCUT2D eigenvalue weighted by Gasteiger charge is -2.57. The lowest BCUT2D eigenvalue weighted by molar-refractivity contribution is -0.116. The summed E-state index contributed by atoms with van der Waals surface area (Å²) < 4.78 is 1.78. The Morgan fingerprint density at radius 3 is 2.62 bits per heavy atom. The second-order valence-electron chi connectivity index (χ2n) is 10.4. The number of carbonyl (C=O) groups is 2. The van der Waals surface area contributed by atoms with Gasteiger partial charge in [-0.1, -0.05) is 18.2 Å². The number of para-hydroxylation sites is 1. The normalized spacial score (nSPS) is 26.7. The number of nitrogens with one attached hydrogen (secondary N) is 1. The number of hydrogen-bond donors (Lipinski definition) is 1. The number of carbonyl (C=O) groups excluding carboxylic acids is 2. The SMILES string of the molecule is Cc1cc(C(=O)N2C[C@@H]3CCCN4CCC[C@@H]([C@H]34)[C@H]2CCCC(=O)Nc2ccccc2)nn1C. The van der Waals surface area contributed by atoms with Crippen molar-refractivity contribution in [1.29, 1.82) is 0 Å². The second-order valence-corrected chi connectivity index (χ2v) is 10.4. The van der Waals surface area contributed by atoms with Gasteiger partial charge in [-0.2, -0.15) is 5.10 Å². The molecule has 0 spiro atoms. The Labute approximate surface area is 202 Å². The number of aryl methyl sites for hydroxylation is 2. The molecule has 3 aliphatic rings. The van der Waals surface area contributed by atoms with E-state index >= 15 is 0 Å². The first-order valence-electron chi connectivity index (χ1n) is 12.9. The van der Waals surface area contributed by atoms with E-state index in [-0.39, 0.29) is 17.9 Å². The highest BCUT2D eigenvalue weighted by atomic mass is 16.2. The van der Waals surface area contributed by atoms with E-state index in [1.165, 1.54) is 38.8 Å². The fourth-order valence-corrected chi connectivity index (χ4v) is 6.63. The number of hydrogen-bond acceptors (Lipinski definition) is 4. The van der Waals surface area contributed by atoms with Gasteiger partial charge in [0, 0.05) is 43.5 Å². The third kappa shape index (κ3) is 4.63. The van der Waals surface area contributed by atoms with Crippen molar-refractivity contribution in [2.24, 2.45) is 18.9 Å². The Balaban J connectivity index is 1.32. The predicted octanol–water partition coefficient (Wildman–Crippen LogP) is 3.85. The highest BCUT2D eigenvalue weighted by molar-refractivity contribution is 5.93. The van der Waals surface area contributed by atoms with E-state index in [0.717, 1.165) is 30.8 Å². The van der Waals surface area contributed by atoms with Crippen LogP contribution in [0.1, 0.15) is 61.1 Å². The van der Waals surface area contributed by atoms with Gasteiger partial charge in [0.15, 0.2) is 5.69 Å². The minimum Gasteiger partial charge on any atom is -0.334 e. The monoisotopic (exact) mass is 463 g/mol. The average molecular weight is 464 g/mol. The molecule has 7 heteroatoms. The van der Waals surface area contributed by atoms with Gasteiger partial charge in [-0.3, -0.25) is 19.2 Å². The molecule has 1 aromatic heterocycles. The number of rotatable bonds is 6. The first-order valence-corrected chi connectivity index (χ1v) is 12.9. The van der Waals surface area contributed by atoms with Crippen LogP contribution in [0.15, 0.2) is 36.4 Å². The number of anilines is 1. The van der Waals surface area contributed by atoms with E-state index in [2.05, 4.69) is 20.2 Å². The number of amides is 2. The van der Waals surface area contributed by atoms with E-state index in [1.807, 2.05) is 50.4 Å². The summed E-state index contributed by atoms with van der Waals surface area (Å²) in [5.74, 6) is 1.13. The minimum absolute atomic E-state index is 0.0426. The first kappa shape index (κ1) is 23.1. The average Bonchev–Trinajstić information content (AvgIpc) is 3.18. The molecule has 2 amide bonds. The zero-order chi connectivity index (χ0) is 23.7. The number of aromatic nitrogens is 2. The van der Waals surface area contributed by atoms with E-state index in [1.54, 1.807) is 4.68 Å². The number of benzene rings is 1. The lowest BCUT2D eigenvalue weighted by atomic mass is 9.69. The molecule has 2 aromatic rings. The van der Waals surface area contributed by atoms with Crippen molar-refractivity contribution in [3.8, 4) is 0 Å². The number of likely N-dealkylation sites (tertiary alicyclic amines) is 1. The highest BCUT2D eigenvalue weighted by Gasteiger charge is 2.49. The van der Waals surface area contributed by atoms with Gasteiger partial charge in [-0.15, -0.1) is 0 Å². The zero-order valence-corrected chi connectivity index (χ0v) is 20.4. The molecule has 4 atom stereocenters.